The van der Waals surface area contributed by atoms with Crippen LogP contribution in [0.4, 0.5) is 5.82 Å². The van der Waals surface area contributed by atoms with Gasteiger partial charge in [-0.15, -0.1) is 11.3 Å². The van der Waals surface area contributed by atoms with Crippen LogP contribution >= 0.6 is 27.3 Å². The van der Waals surface area contributed by atoms with Gasteiger partial charge < -0.3 is 5.73 Å². The van der Waals surface area contributed by atoms with E-state index in [4.69, 9.17) is 5.73 Å². The van der Waals surface area contributed by atoms with Gasteiger partial charge in [-0.1, -0.05) is 0 Å². The van der Waals surface area contributed by atoms with Crippen molar-refractivity contribution in [1.82, 2.24) is 14.5 Å². The van der Waals surface area contributed by atoms with Gasteiger partial charge in [-0.3, -0.25) is 4.68 Å². The molecule has 0 fully saturated rings. The number of nitrogens with zero attached hydrogens (tertiary/aromatic N) is 2. The molecule has 0 saturated heterocycles. The van der Waals surface area contributed by atoms with Crippen molar-refractivity contribution >= 4 is 43.1 Å². The van der Waals surface area contributed by atoms with E-state index < -0.39 is 10.0 Å². The molecule has 6 nitrogen and oxygen atoms in total. The van der Waals surface area contributed by atoms with Crippen molar-refractivity contribution in [3.63, 3.8) is 0 Å². The summed E-state index contributed by atoms with van der Waals surface area (Å²) in [7, 11) is -3.64. The molecule has 2 rings (SSSR count). The first-order valence-electron chi connectivity index (χ1n) is 5.49. The van der Waals surface area contributed by atoms with Gasteiger partial charge in [-0.05, 0) is 35.0 Å². The highest BCUT2D eigenvalue weighted by atomic mass is 79.9. The third-order valence-corrected chi connectivity index (χ3v) is 5.48. The Labute approximate surface area is 123 Å². The van der Waals surface area contributed by atoms with E-state index in [1.54, 1.807) is 0 Å². The van der Waals surface area contributed by atoms with Crippen LogP contribution in [0.15, 0.2) is 27.0 Å². The SMILES string of the molecule is CCn1cc(S(=O)(=O)NCc2ccc(Br)s2)c(N)n1. The standard InChI is InChI=1S/C10H13BrN4O2S2/c1-2-15-6-8(10(12)14-15)19(16,17)13-5-7-3-4-9(11)18-7/h3-4,6,13H,2,5H2,1H3,(H2,12,14). The second-order valence-electron chi connectivity index (χ2n) is 3.76. The number of aromatic nitrogens is 2. The molecule has 0 saturated carbocycles. The van der Waals surface area contributed by atoms with Gasteiger partial charge in [0.25, 0.3) is 0 Å². The maximum absolute atomic E-state index is 12.1. The Bertz CT molecular complexity index is 678. The molecule has 0 unspecified atom stereocenters. The minimum absolute atomic E-state index is 0.0155. The van der Waals surface area contributed by atoms with E-state index in [1.807, 2.05) is 19.1 Å². The van der Waals surface area contributed by atoms with Crippen LogP contribution in [-0.4, -0.2) is 18.2 Å². The van der Waals surface area contributed by atoms with Crippen molar-refractivity contribution in [3.05, 3.63) is 27.0 Å². The number of nitrogen functional groups attached to an aromatic ring is 1. The molecule has 2 aromatic rings. The molecule has 0 aliphatic rings. The van der Waals surface area contributed by atoms with Crippen molar-refractivity contribution in [3.8, 4) is 0 Å². The van der Waals surface area contributed by atoms with E-state index in [2.05, 4.69) is 25.8 Å². The summed E-state index contributed by atoms with van der Waals surface area (Å²) in [6, 6.07) is 3.73. The van der Waals surface area contributed by atoms with Gasteiger partial charge in [-0.25, -0.2) is 13.1 Å². The fourth-order valence-electron chi connectivity index (χ4n) is 1.48. The molecule has 3 N–H and O–H groups in total. The molecule has 19 heavy (non-hydrogen) atoms. The molecule has 0 amide bonds. The van der Waals surface area contributed by atoms with Crippen LogP contribution in [0.2, 0.25) is 0 Å². The lowest BCUT2D eigenvalue weighted by Crippen LogP contribution is -2.23. The number of aryl methyl sites for hydroxylation is 1. The summed E-state index contributed by atoms with van der Waals surface area (Å²) in [6.07, 6.45) is 1.43. The molecular formula is C10H13BrN4O2S2. The summed E-state index contributed by atoms with van der Waals surface area (Å²) in [5, 5.41) is 3.92. The molecule has 9 heteroatoms. The highest BCUT2D eigenvalue weighted by Crippen LogP contribution is 2.23. The Morgan fingerprint density at radius 1 is 1.53 bits per heavy atom. The van der Waals surface area contributed by atoms with Gasteiger partial charge in [0.05, 0.1) is 3.79 Å². The van der Waals surface area contributed by atoms with Crippen molar-refractivity contribution in [1.29, 1.82) is 0 Å². The topological polar surface area (TPSA) is 90.0 Å². The van der Waals surface area contributed by atoms with Crippen LogP contribution < -0.4 is 10.5 Å². The number of nitrogens with two attached hydrogens (primary N) is 1. The smallest absolute Gasteiger partial charge is 0.246 e. The van der Waals surface area contributed by atoms with Gasteiger partial charge in [0, 0.05) is 24.2 Å². The Kier molecular flexibility index (Phi) is 4.29. The summed E-state index contributed by atoms with van der Waals surface area (Å²) in [6.45, 7) is 2.66. The Hall–Kier alpha value is -0.900. The van der Waals surface area contributed by atoms with E-state index in [9.17, 15) is 8.42 Å². The molecular weight excluding hydrogens is 352 g/mol. The lowest BCUT2D eigenvalue weighted by Gasteiger charge is -2.03. The summed E-state index contributed by atoms with van der Waals surface area (Å²) in [5.74, 6) is 0.0155. The quantitative estimate of drug-likeness (QED) is 0.845. The molecule has 2 heterocycles. The van der Waals surface area contributed by atoms with E-state index in [-0.39, 0.29) is 17.3 Å². The van der Waals surface area contributed by atoms with Crippen LogP contribution in [0.25, 0.3) is 0 Å². The lowest BCUT2D eigenvalue weighted by atomic mass is 10.5. The maximum atomic E-state index is 12.1. The van der Waals surface area contributed by atoms with Crippen LogP contribution in [0, 0.1) is 0 Å². The van der Waals surface area contributed by atoms with Crippen molar-refractivity contribution in [2.45, 2.75) is 24.9 Å². The molecule has 2 aromatic heterocycles. The molecule has 104 valence electrons. The third-order valence-electron chi connectivity index (χ3n) is 2.43. The number of hydrogen-bond acceptors (Lipinski definition) is 5. The number of sulfonamides is 1. The molecule has 0 aromatic carbocycles. The van der Waals surface area contributed by atoms with Gasteiger partial charge in [0.15, 0.2) is 5.82 Å². The predicted molar refractivity (Wildman–Crippen MR) is 78.4 cm³/mol. The number of anilines is 1. The molecule has 0 aliphatic heterocycles. The minimum atomic E-state index is -3.64. The van der Waals surface area contributed by atoms with E-state index in [0.717, 1.165) is 8.66 Å². The van der Waals surface area contributed by atoms with Crippen molar-refractivity contribution in [2.75, 3.05) is 5.73 Å². The van der Waals surface area contributed by atoms with Gasteiger partial charge in [0.2, 0.25) is 10.0 Å². The average molecular weight is 365 g/mol. The zero-order valence-corrected chi connectivity index (χ0v) is 13.3. The van der Waals surface area contributed by atoms with Crippen molar-refractivity contribution < 1.29 is 8.42 Å². The fourth-order valence-corrected chi connectivity index (χ4v) is 4.07. The second kappa shape index (κ2) is 5.61. The molecule has 0 aliphatic carbocycles. The largest absolute Gasteiger partial charge is 0.381 e. The molecule has 0 bridgehead atoms. The predicted octanol–water partition coefficient (Wildman–Crippen LogP) is 1.79. The van der Waals surface area contributed by atoms with Crippen LogP contribution in [-0.2, 0) is 23.1 Å². The number of rotatable bonds is 5. The highest BCUT2D eigenvalue weighted by Gasteiger charge is 2.20. The van der Waals surface area contributed by atoms with Crippen LogP contribution in [0.1, 0.15) is 11.8 Å². The first kappa shape index (κ1) is 14.5. The van der Waals surface area contributed by atoms with Crippen molar-refractivity contribution in [2.24, 2.45) is 0 Å². The number of hydrogen-bond donors (Lipinski definition) is 2. The molecule has 0 atom stereocenters. The zero-order valence-electron chi connectivity index (χ0n) is 10.1. The Morgan fingerprint density at radius 3 is 2.79 bits per heavy atom. The summed E-state index contributed by atoms with van der Waals surface area (Å²) in [4.78, 5) is 0.932. The zero-order chi connectivity index (χ0) is 14.0. The average Bonchev–Trinajstić information content (AvgIpc) is 2.93. The lowest BCUT2D eigenvalue weighted by molar-refractivity contribution is 0.581. The number of halogens is 1. The normalized spacial score (nSPS) is 11.9. The Morgan fingerprint density at radius 2 is 2.26 bits per heavy atom. The second-order valence-corrected chi connectivity index (χ2v) is 8.05. The summed E-state index contributed by atoms with van der Waals surface area (Å²) in [5.41, 5.74) is 5.62. The van der Waals surface area contributed by atoms with Crippen LogP contribution in [0.5, 0.6) is 0 Å². The van der Waals surface area contributed by atoms with E-state index in [1.165, 1.54) is 22.2 Å². The minimum Gasteiger partial charge on any atom is -0.381 e. The number of thiophene rings is 1. The summed E-state index contributed by atoms with van der Waals surface area (Å²) >= 11 is 4.80. The third kappa shape index (κ3) is 3.35. The van der Waals surface area contributed by atoms with Gasteiger partial charge in [-0.2, -0.15) is 5.10 Å². The van der Waals surface area contributed by atoms with E-state index >= 15 is 0 Å². The van der Waals surface area contributed by atoms with Gasteiger partial charge in [0.1, 0.15) is 4.90 Å². The van der Waals surface area contributed by atoms with Gasteiger partial charge >= 0.3 is 0 Å². The molecule has 0 radical (unpaired) electrons. The van der Waals surface area contributed by atoms with E-state index in [0.29, 0.717) is 6.54 Å². The summed E-state index contributed by atoms with van der Waals surface area (Å²) < 4.78 is 29.2. The molecule has 0 spiro atoms. The fraction of sp³-hybridized carbons (Fsp3) is 0.300. The first-order valence-corrected chi connectivity index (χ1v) is 8.58. The van der Waals surface area contributed by atoms with Crippen LogP contribution in [0.3, 0.4) is 0 Å². The highest BCUT2D eigenvalue weighted by molar-refractivity contribution is 9.11. The monoisotopic (exact) mass is 364 g/mol. The first-order chi connectivity index (χ1) is 8.92. The maximum Gasteiger partial charge on any atom is 0.246 e. The number of nitrogens with one attached hydrogen (secondary N) is 1. The Balaban J connectivity index is 2.15.